The third kappa shape index (κ3) is 2.68. The fourth-order valence-electron chi connectivity index (χ4n) is 3.05. The van der Waals surface area contributed by atoms with Gasteiger partial charge < -0.3 is 15.5 Å². The highest BCUT2D eigenvalue weighted by atomic mass is 35.5. The van der Waals surface area contributed by atoms with Gasteiger partial charge in [0.1, 0.15) is 0 Å². The fourth-order valence-corrected chi connectivity index (χ4v) is 3.90. The van der Waals surface area contributed by atoms with Crippen LogP contribution in [0, 0.1) is 0 Å². The predicted molar refractivity (Wildman–Crippen MR) is 92.6 cm³/mol. The summed E-state index contributed by atoms with van der Waals surface area (Å²) >= 11 is 7.55. The van der Waals surface area contributed by atoms with Crippen LogP contribution in [0.3, 0.4) is 0 Å². The number of halogens is 1. The molecule has 0 aliphatic carbocycles. The molecule has 24 heavy (non-hydrogen) atoms. The Morgan fingerprint density at radius 1 is 1.21 bits per heavy atom. The van der Waals surface area contributed by atoms with E-state index in [0.717, 1.165) is 10.4 Å². The summed E-state index contributed by atoms with van der Waals surface area (Å²) in [7, 11) is 0. The van der Waals surface area contributed by atoms with Gasteiger partial charge in [-0.25, -0.2) is 4.79 Å². The Kier molecular flexibility index (Phi) is 3.78. The second-order valence-electron chi connectivity index (χ2n) is 5.72. The molecular formula is C17H14ClN3O2S. The first-order valence-electron chi connectivity index (χ1n) is 7.49. The summed E-state index contributed by atoms with van der Waals surface area (Å²) in [5, 5.41) is 8.22. The standard InChI is InChI=1S/C17H14ClN3O2S/c18-11-5-3-10(4-6-11)15-14-13(19-17(23)20-15)9-21(16(14)22)8-12-2-1-7-24-12/h1-7,15H,8-9H2,(H2,19,20,23). The first kappa shape index (κ1) is 15.2. The van der Waals surface area contributed by atoms with Crippen molar-refractivity contribution < 1.29 is 9.59 Å². The molecule has 7 heteroatoms. The van der Waals surface area contributed by atoms with Crippen molar-refractivity contribution in [3.05, 3.63) is 68.5 Å². The Labute approximate surface area is 147 Å². The first-order chi connectivity index (χ1) is 11.6. The molecule has 1 unspecified atom stereocenters. The number of nitrogens with one attached hydrogen (secondary N) is 2. The molecule has 0 bridgehead atoms. The number of nitrogens with zero attached hydrogens (tertiary/aromatic N) is 1. The number of hydrogen-bond acceptors (Lipinski definition) is 3. The number of hydrogen-bond donors (Lipinski definition) is 2. The van der Waals surface area contributed by atoms with Crippen molar-refractivity contribution in [3.8, 4) is 0 Å². The molecule has 2 aromatic rings. The topological polar surface area (TPSA) is 61.4 Å². The molecule has 1 aromatic carbocycles. The van der Waals surface area contributed by atoms with Crippen LogP contribution in [-0.2, 0) is 11.3 Å². The summed E-state index contributed by atoms with van der Waals surface area (Å²) in [6.07, 6.45) is 0. The highest BCUT2D eigenvalue weighted by Gasteiger charge is 2.40. The van der Waals surface area contributed by atoms with Crippen LogP contribution in [0.4, 0.5) is 4.79 Å². The van der Waals surface area contributed by atoms with Crippen LogP contribution in [0.1, 0.15) is 16.5 Å². The van der Waals surface area contributed by atoms with Gasteiger partial charge in [-0.3, -0.25) is 4.79 Å². The van der Waals surface area contributed by atoms with E-state index in [4.69, 9.17) is 11.6 Å². The summed E-state index contributed by atoms with van der Waals surface area (Å²) in [4.78, 5) is 27.7. The summed E-state index contributed by atoms with van der Waals surface area (Å²) in [6.45, 7) is 0.969. The zero-order chi connectivity index (χ0) is 16.7. The van der Waals surface area contributed by atoms with Gasteiger partial charge in [0.25, 0.3) is 5.91 Å². The molecule has 0 fully saturated rings. The minimum absolute atomic E-state index is 0.0501. The van der Waals surface area contributed by atoms with Crippen molar-refractivity contribution in [2.75, 3.05) is 6.54 Å². The number of carbonyl (C=O) groups excluding carboxylic acids is 2. The van der Waals surface area contributed by atoms with Crippen molar-refractivity contribution in [3.63, 3.8) is 0 Å². The zero-order valence-electron chi connectivity index (χ0n) is 12.6. The van der Waals surface area contributed by atoms with Gasteiger partial charge in [-0.1, -0.05) is 29.8 Å². The van der Waals surface area contributed by atoms with Crippen molar-refractivity contribution in [2.45, 2.75) is 12.6 Å². The Hall–Kier alpha value is -2.31. The molecule has 0 spiro atoms. The summed E-state index contributed by atoms with van der Waals surface area (Å²) in [5.41, 5.74) is 2.13. The van der Waals surface area contributed by atoms with E-state index in [1.165, 1.54) is 0 Å². The lowest BCUT2D eigenvalue weighted by molar-refractivity contribution is -0.126. The second-order valence-corrected chi connectivity index (χ2v) is 7.18. The quantitative estimate of drug-likeness (QED) is 0.884. The second kappa shape index (κ2) is 5.96. The summed E-state index contributed by atoms with van der Waals surface area (Å²) in [5.74, 6) is -0.0501. The largest absolute Gasteiger partial charge is 0.328 e. The molecule has 2 aliphatic rings. The monoisotopic (exact) mass is 359 g/mol. The lowest BCUT2D eigenvalue weighted by Crippen LogP contribution is -2.44. The normalized spacial score (nSPS) is 20.0. The molecule has 4 rings (SSSR count). The van der Waals surface area contributed by atoms with E-state index in [1.54, 1.807) is 28.4 Å². The lowest BCUT2D eigenvalue weighted by Gasteiger charge is -2.25. The maximum atomic E-state index is 12.9. The van der Waals surface area contributed by atoms with Crippen LogP contribution in [0.15, 0.2) is 53.0 Å². The van der Waals surface area contributed by atoms with Gasteiger partial charge in [0.2, 0.25) is 0 Å². The van der Waals surface area contributed by atoms with E-state index in [1.807, 2.05) is 29.6 Å². The Balaban J connectivity index is 1.64. The van der Waals surface area contributed by atoms with Gasteiger partial charge in [-0.05, 0) is 29.1 Å². The zero-order valence-corrected chi connectivity index (χ0v) is 14.2. The van der Waals surface area contributed by atoms with Crippen LogP contribution < -0.4 is 10.6 Å². The van der Waals surface area contributed by atoms with Crippen LogP contribution in [0.5, 0.6) is 0 Å². The molecule has 2 N–H and O–H groups in total. The SMILES string of the molecule is O=C1NC2=C(C(=O)N(Cc3cccs3)C2)C(c2ccc(Cl)cc2)N1. The third-order valence-electron chi connectivity index (χ3n) is 4.15. The maximum absolute atomic E-state index is 12.9. The van der Waals surface area contributed by atoms with Crippen LogP contribution in [-0.4, -0.2) is 23.4 Å². The molecule has 5 nitrogen and oxygen atoms in total. The summed E-state index contributed by atoms with van der Waals surface area (Å²) in [6, 6.07) is 10.4. The van der Waals surface area contributed by atoms with Crippen molar-refractivity contribution in [1.82, 2.24) is 15.5 Å². The van der Waals surface area contributed by atoms with Gasteiger partial charge in [0.15, 0.2) is 0 Å². The lowest BCUT2D eigenvalue weighted by atomic mass is 9.96. The molecule has 0 saturated carbocycles. The Bertz CT molecular complexity index is 830. The summed E-state index contributed by atoms with van der Waals surface area (Å²) < 4.78 is 0. The van der Waals surface area contributed by atoms with E-state index < -0.39 is 6.04 Å². The number of thiophene rings is 1. The van der Waals surface area contributed by atoms with Gasteiger partial charge >= 0.3 is 6.03 Å². The highest BCUT2D eigenvalue weighted by molar-refractivity contribution is 7.09. The van der Waals surface area contributed by atoms with E-state index in [9.17, 15) is 9.59 Å². The van der Waals surface area contributed by atoms with Crippen LogP contribution in [0.25, 0.3) is 0 Å². The van der Waals surface area contributed by atoms with Crippen LogP contribution >= 0.6 is 22.9 Å². The Morgan fingerprint density at radius 3 is 2.71 bits per heavy atom. The Morgan fingerprint density at radius 2 is 2.00 bits per heavy atom. The maximum Gasteiger partial charge on any atom is 0.319 e. The van der Waals surface area contributed by atoms with Crippen molar-refractivity contribution in [1.29, 1.82) is 0 Å². The first-order valence-corrected chi connectivity index (χ1v) is 8.75. The molecular weight excluding hydrogens is 346 g/mol. The molecule has 0 saturated heterocycles. The predicted octanol–water partition coefficient (Wildman–Crippen LogP) is 3.05. The third-order valence-corrected chi connectivity index (χ3v) is 5.26. The van der Waals surface area contributed by atoms with E-state index in [0.29, 0.717) is 29.4 Å². The van der Waals surface area contributed by atoms with E-state index in [2.05, 4.69) is 10.6 Å². The molecule has 3 amide bonds. The molecule has 122 valence electrons. The highest BCUT2D eigenvalue weighted by Crippen LogP contribution is 2.33. The molecule has 2 aliphatic heterocycles. The fraction of sp³-hybridized carbons (Fsp3) is 0.176. The average molecular weight is 360 g/mol. The number of amides is 3. The van der Waals surface area contributed by atoms with E-state index >= 15 is 0 Å². The minimum atomic E-state index is -0.452. The number of urea groups is 1. The molecule has 1 atom stereocenters. The van der Waals surface area contributed by atoms with Gasteiger partial charge in [0, 0.05) is 9.90 Å². The molecule has 0 radical (unpaired) electrons. The molecule has 3 heterocycles. The smallest absolute Gasteiger partial charge is 0.319 e. The number of carbonyl (C=O) groups is 2. The van der Waals surface area contributed by atoms with Gasteiger partial charge in [-0.2, -0.15) is 0 Å². The van der Waals surface area contributed by atoms with Crippen molar-refractivity contribution in [2.24, 2.45) is 0 Å². The minimum Gasteiger partial charge on any atom is -0.328 e. The van der Waals surface area contributed by atoms with Crippen molar-refractivity contribution >= 4 is 34.9 Å². The molecule has 1 aromatic heterocycles. The number of benzene rings is 1. The van der Waals surface area contributed by atoms with Gasteiger partial charge in [-0.15, -0.1) is 11.3 Å². The van der Waals surface area contributed by atoms with Gasteiger partial charge in [0.05, 0.1) is 30.4 Å². The van der Waals surface area contributed by atoms with Crippen LogP contribution in [0.2, 0.25) is 5.02 Å². The van der Waals surface area contributed by atoms with E-state index in [-0.39, 0.29) is 11.9 Å². The average Bonchev–Trinajstić information content (AvgIpc) is 3.17. The number of rotatable bonds is 3.